The van der Waals surface area contributed by atoms with Crippen molar-refractivity contribution in [1.29, 1.82) is 0 Å². The van der Waals surface area contributed by atoms with E-state index in [1.807, 2.05) is 4.90 Å². The molecule has 1 saturated carbocycles. The molecule has 0 bridgehead atoms. The van der Waals surface area contributed by atoms with E-state index >= 15 is 0 Å². The maximum Gasteiger partial charge on any atom is 0.272 e. The molecule has 24 heavy (non-hydrogen) atoms. The summed E-state index contributed by atoms with van der Waals surface area (Å²) in [5.74, 6) is 0.688. The van der Waals surface area contributed by atoms with Gasteiger partial charge in [-0.15, -0.1) is 0 Å². The molecule has 2 aliphatic rings. The molecule has 5 nitrogen and oxygen atoms in total. The van der Waals surface area contributed by atoms with Gasteiger partial charge in [-0.05, 0) is 30.9 Å². The van der Waals surface area contributed by atoms with Crippen molar-refractivity contribution in [1.82, 2.24) is 14.8 Å². The molecule has 1 aromatic heterocycles. The third-order valence-electron chi connectivity index (χ3n) is 5.05. The molecular weight excluding hydrogens is 326 g/mol. The SMILES string of the molecule is O=C(CC1CCCCC1)N1CCN(C(=O)c2cc(Cl)ccn2)CC1. The number of rotatable bonds is 3. The fraction of sp³-hybridized carbons (Fsp3) is 0.611. The van der Waals surface area contributed by atoms with Gasteiger partial charge in [0.2, 0.25) is 5.91 Å². The van der Waals surface area contributed by atoms with Crippen molar-refractivity contribution >= 4 is 23.4 Å². The molecule has 0 N–H and O–H groups in total. The number of nitrogens with zero attached hydrogens (tertiary/aromatic N) is 3. The van der Waals surface area contributed by atoms with E-state index < -0.39 is 0 Å². The molecule has 0 aromatic carbocycles. The lowest BCUT2D eigenvalue weighted by molar-refractivity contribution is -0.133. The fourth-order valence-electron chi connectivity index (χ4n) is 3.61. The van der Waals surface area contributed by atoms with Gasteiger partial charge in [0.05, 0.1) is 0 Å². The van der Waals surface area contributed by atoms with Crippen LogP contribution in [0.25, 0.3) is 0 Å². The predicted octanol–water partition coefficient (Wildman–Crippen LogP) is 2.99. The topological polar surface area (TPSA) is 53.5 Å². The average molecular weight is 350 g/mol. The maximum absolute atomic E-state index is 12.5. The number of carbonyl (C=O) groups excluding carboxylic acids is 2. The highest BCUT2D eigenvalue weighted by atomic mass is 35.5. The van der Waals surface area contributed by atoms with Crippen molar-refractivity contribution in [3.05, 3.63) is 29.0 Å². The third-order valence-corrected chi connectivity index (χ3v) is 5.28. The van der Waals surface area contributed by atoms with Gasteiger partial charge in [-0.3, -0.25) is 14.6 Å². The van der Waals surface area contributed by atoms with Crippen LogP contribution in [0.1, 0.15) is 49.0 Å². The fourth-order valence-corrected chi connectivity index (χ4v) is 3.77. The number of piperazine rings is 1. The second-order valence-corrected chi connectivity index (χ2v) is 7.18. The van der Waals surface area contributed by atoms with Crippen molar-refractivity contribution in [3.63, 3.8) is 0 Å². The standard InChI is InChI=1S/C18H24ClN3O2/c19-15-6-7-20-16(13-15)18(24)22-10-8-21(9-11-22)17(23)12-14-4-2-1-3-5-14/h6-7,13-14H,1-5,8-12H2. The predicted molar refractivity (Wildman–Crippen MR) is 92.9 cm³/mol. The van der Waals surface area contributed by atoms with Gasteiger partial charge < -0.3 is 9.80 Å². The minimum atomic E-state index is -0.114. The zero-order chi connectivity index (χ0) is 16.9. The van der Waals surface area contributed by atoms with Gasteiger partial charge in [-0.2, -0.15) is 0 Å². The number of pyridine rings is 1. The van der Waals surface area contributed by atoms with Crippen molar-refractivity contribution < 1.29 is 9.59 Å². The monoisotopic (exact) mass is 349 g/mol. The van der Waals surface area contributed by atoms with Gasteiger partial charge in [-0.1, -0.05) is 30.9 Å². The van der Waals surface area contributed by atoms with E-state index in [0.717, 1.165) is 0 Å². The lowest BCUT2D eigenvalue weighted by Crippen LogP contribution is -2.51. The van der Waals surface area contributed by atoms with E-state index in [4.69, 9.17) is 11.6 Å². The number of aromatic nitrogens is 1. The van der Waals surface area contributed by atoms with Crippen molar-refractivity contribution in [2.75, 3.05) is 26.2 Å². The number of hydrogen-bond donors (Lipinski definition) is 0. The molecule has 1 saturated heterocycles. The Labute approximate surface area is 148 Å². The summed E-state index contributed by atoms with van der Waals surface area (Å²) in [7, 11) is 0. The molecule has 2 heterocycles. The second kappa shape index (κ2) is 7.97. The van der Waals surface area contributed by atoms with Gasteiger partial charge in [0.15, 0.2) is 0 Å². The Morgan fingerprint density at radius 1 is 1.08 bits per heavy atom. The van der Waals surface area contributed by atoms with Crippen LogP contribution in [0.2, 0.25) is 5.02 Å². The molecule has 6 heteroatoms. The van der Waals surface area contributed by atoms with E-state index in [9.17, 15) is 9.59 Å². The summed E-state index contributed by atoms with van der Waals surface area (Å²) in [5, 5.41) is 0.509. The maximum atomic E-state index is 12.5. The third kappa shape index (κ3) is 4.26. The molecule has 1 aromatic rings. The molecule has 2 amide bonds. The molecule has 1 aliphatic heterocycles. The highest BCUT2D eigenvalue weighted by molar-refractivity contribution is 6.30. The van der Waals surface area contributed by atoms with E-state index in [2.05, 4.69) is 4.98 Å². The molecule has 0 atom stereocenters. The zero-order valence-corrected chi connectivity index (χ0v) is 14.7. The van der Waals surface area contributed by atoms with E-state index in [-0.39, 0.29) is 11.8 Å². The summed E-state index contributed by atoms with van der Waals surface area (Å²) >= 11 is 5.92. The number of halogens is 1. The average Bonchev–Trinajstić information content (AvgIpc) is 2.62. The largest absolute Gasteiger partial charge is 0.339 e. The normalized spacial score (nSPS) is 19.4. The van der Waals surface area contributed by atoms with Crippen LogP contribution >= 0.6 is 11.6 Å². The van der Waals surface area contributed by atoms with Crippen LogP contribution in [-0.4, -0.2) is 52.8 Å². The molecule has 1 aliphatic carbocycles. The first-order valence-electron chi connectivity index (χ1n) is 8.82. The smallest absolute Gasteiger partial charge is 0.272 e. The number of amides is 2. The van der Waals surface area contributed by atoms with Crippen LogP contribution in [0.5, 0.6) is 0 Å². The lowest BCUT2D eigenvalue weighted by atomic mass is 9.86. The minimum absolute atomic E-state index is 0.114. The van der Waals surface area contributed by atoms with Gasteiger partial charge in [0.25, 0.3) is 5.91 Å². The highest BCUT2D eigenvalue weighted by Gasteiger charge is 2.27. The van der Waals surface area contributed by atoms with E-state index in [1.165, 1.54) is 32.1 Å². The molecular formula is C18H24ClN3O2. The molecule has 130 valence electrons. The first kappa shape index (κ1) is 17.2. The van der Waals surface area contributed by atoms with E-state index in [0.29, 0.717) is 49.2 Å². The lowest BCUT2D eigenvalue weighted by Gasteiger charge is -2.35. The Kier molecular flexibility index (Phi) is 5.72. The Balaban J connectivity index is 1.50. The van der Waals surface area contributed by atoms with Crippen LogP contribution in [0, 0.1) is 5.92 Å². The van der Waals surface area contributed by atoms with Crippen molar-refractivity contribution in [3.8, 4) is 0 Å². The molecule has 0 radical (unpaired) electrons. The molecule has 0 unspecified atom stereocenters. The summed E-state index contributed by atoms with van der Waals surface area (Å²) in [5.41, 5.74) is 0.365. The van der Waals surface area contributed by atoms with Crippen LogP contribution in [-0.2, 0) is 4.79 Å². The minimum Gasteiger partial charge on any atom is -0.339 e. The van der Waals surface area contributed by atoms with Crippen LogP contribution in [0.4, 0.5) is 0 Å². The summed E-state index contributed by atoms with van der Waals surface area (Å²) in [6.45, 7) is 2.34. The van der Waals surface area contributed by atoms with Crippen molar-refractivity contribution in [2.45, 2.75) is 38.5 Å². The molecule has 3 rings (SSSR count). The van der Waals surface area contributed by atoms with Crippen LogP contribution < -0.4 is 0 Å². The van der Waals surface area contributed by atoms with Gasteiger partial charge in [0, 0.05) is 43.8 Å². The van der Waals surface area contributed by atoms with Crippen LogP contribution in [0.3, 0.4) is 0 Å². The summed E-state index contributed by atoms with van der Waals surface area (Å²) in [4.78, 5) is 32.6. The number of carbonyl (C=O) groups is 2. The van der Waals surface area contributed by atoms with Gasteiger partial charge >= 0.3 is 0 Å². The molecule has 2 fully saturated rings. The highest BCUT2D eigenvalue weighted by Crippen LogP contribution is 2.27. The Hall–Kier alpha value is -1.62. The first-order valence-corrected chi connectivity index (χ1v) is 9.20. The van der Waals surface area contributed by atoms with Crippen LogP contribution in [0.15, 0.2) is 18.3 Å². The van der Waals surface area contributed by atoms with E-state index in [1.54, 1.807) is 23.2 Å². The van der Waals surface area contributed by atoms with Crippen molar-refractivity contribution in [2.24, 2.45) is 5.92 Å². The molecule has 0 spiro atoms. The Bertz CT molecular complexity index is 594. The quantitative estimate of drug-likeness (QED) is 0.843. The zero-order valence-electron chi connectivity index (χ0n) is 13.9. The van der Waals surface area contributed by atoms with Gasteiger partial charge in [0.1, 0.15) is 5.69 Å². The summed E-state index contributed by atoms with van der Waals surface area (Å²) in [6.07, 6.45) is 8.40. The summed E-state index contributed by atoms with van der Waals surface area (Å²) in [6, 6.07) is 3.24. The second-order valence-electron chi connectivity index (χ2n) is 6.74. The summed E-state index contributed by atoms with van der Waals surface area (Å²) < 4.78 is 0. The Morgan fingerprint density at radius 2 is 1.75 bits per heavy atom. The van der Waals surface area contributed by atoms with Gasteiger partial charge in [-0.25, -0.2) is 0 Å². The number of hydrogen-bond acceptors (Lipinski definition) is 3. The Morgan fingerprint density at radius 3 is 2.42 bits per heavy atom. The first-order chi connectivity index (χ1) is 11.6.